The molecule has 0 saturated heterocycles. The molecular weight excluding hydrogens is 206 g/mol. The van der Waals surface area contributed by atoms with Crippen molar-refractivity contribution in [1.82, 2.24) is 0 Å². The van der Waals surface area contributed by atoms with Crippen molar-refractivity contribution in [3.8, 4) is 0 Å². The largest absolute Gasteiger partial charge is 0.398 e. The quantitative estimate of drug-likeness (QED) is 0.612. The van der Waals surface area contributed by atoms with E-state index in [1.165, 1.54) is 0 Å². The van der Waals surface area contributed by atoms with Crippen LogP contribution in [-0.4, -0.2) is 16.5 Å². The monoisotopic (exact) mass is 225 g/mol. The van der Waals surface area contributed by atoms with Crippen molar-refractivity contribution in [2.24, 2.45) is 0 Å². The van der Waals surface area contributed by atoms with Crippen LogP contribution in [-0.2, 0) is 0 Å². The van der Waals surface area contributed by atoms with Gasteiger partial charge in [0.25, 0.3) is 0 Å². The molecule has 1 unspecified atom stereocenters. The van der Waals surface area contributed by atoms with Gasteiger partial charge in [0.1, 0.15) is 0 Å². The fraction of sp³-hybridized carbons (Fsp3) is 0.500. The summed E-state index contributed by atoms with van der Waals surface area (Å²) < 4.78 is 0. The van der Waals surface area contributed by atoms with E-state index in [-0.39, 0.29) is 0 Å². The number of anilines is 1. The smallest absolute Gasteiger partial charge is 0.0710 e. The molecule has 0 heterocycles. The number of thioether (sulfide) groups is 1. The van der Waals surface area contributed by atoms with E-state index in [1.807, 2.05) is 39.0 Å². The highest BCUT2D eigenvalue weighted by Gasteiger charge is 2.18. The molecule has 84 valence electrons. The number of aliphatic hydroxyl groups is 1. The highest BCUT2D eigenvalue weighted by atomic mass is 32.2. The van der Waals surface area contributed by atoms with Gasteiger partial charge >= 0.3 is 0 Å². The zero-order chi connectivity index (χ0) is 11.5. The molecule has 0 fully saturated rings. The van der Waals surface area contributed by atoms with Gasteiger partial charge in [-0.1, -0.05) is 13.0 Å². The van der Waals surface area contributed by atoms with Gasteiger partial charge in [-0.15, -0.1) is 11.8 Å². The van der Waals surface area contributed by atoms with Crippen LogP contribution in [0, 0.1) is 6.92 Å². The molecule has 0 radical (unpaired) electrons. The molecule has 1 aromatic rings. The molecule has 1 aromatic carbocycles. The average molecular weight is 225 g/mol. The van der Waals surface area contributed by atoms with E-state index in [9.17, 15) is 5.11 Å². The number of nitrogens with two attached hydrogens (primary N) is 1. The summed E-state index contributed by atoms with van der Waals surface area (Å²) >= 11 is 1.66. The molecule has 3 N–H and O–H groups in total. The SMILES string of the molecule is CCC(C)(O)CSc1cccc(N)c1C. The van der Waals surface area contributed by atoms with Gasteiger partial charge in [0, 0.05) is 16.3 Å². The van der Waals surface area contributed by atoms with Crippen molar-refractivity contribution in [2.75, 3.05) is 11.5 Å². The predicted octanol–water partition coefficient (Wildman–Crippen LogP) is 2.83. The highest BCUT2D eigenvalue weighted by molar-refractivity contribution is 7.99. The van der Waals surface area contributed by atoms with E-state index >= 15 is 0 Å². The van der Waals surface area contributed by atoms with Crippen LogP contribution in [0.25, 0.3) is 0 Å². The van der Waals surface area contributed by atoms with Crippen LogP contribution in [0.2, 0.25) is 0 Å². The lowest BCUT2D eigenvalue weighted by Gasteiger charge is -2.21. The topological polar surface area (TPSA) is 46.2 Å². The lowest BCUT2D eigenvalue weighted by Crippen LogP contribution is -2.25. The fourth-order valence-electron chi connectivity index (χ4n) is 1.12. The van der Waals surface area contributed by atoms with E-state index in [0.29, 0.717) is 5.75 Å². The molecule has 0 aromatic heterocycles. The van der Waals surface area contributed by atoms with Crippen LogP contribution in [0.1, 0.15) is 25.8 Å². The fourth-order valence-corrected chi connectivity index (χ4v) is 2.30. The summed E-state index contributed by atoms with van der Waals surface area (Å²) in [6, 6.07) is 5.89. The van der Waals surface area contributed by atoms with Gasteiger partial charge in [-0.2, -0.15) is 0 Å². The maximum atomic E-state index is 9.89. The van der Waals surface area contributed by atoms with Crippen LogP contribution < -0.4 is 5.73 Å². The van der Waals surface area contributed by atoms with Crippen molar-refractivity contribution >= 4 is 17.4 Å². The van der Waals surface area contributed by atoms with E-state index < -0.39 is 5.60 Å². The molecule has 3 heteroatoms. The zero-order valence-electron chi connectivity index (χ0n) is 9.58. The Kier molecular flexibility index (Phi) is 4.05. The molecule has 15 heavy (non-hydrogen) atoms. The molecule has 0 bridgehead atoms. The first-order valence-corrected chi connectivity index (χ1v) is 6.15. The first-order chi connectivity index (χ1) is 6.96. The third kappa shape index (κ3) is 3.43. The van der Waals surface area contributed by atoms with E-state index in [4.69, 9.17) is 5.73 Å². The lowest BCUT2D eigenvalue weighted by molar-refractivity contribution is 0.0816. The number of rotatable bonds is 4. The third-order valence-electron chi connectivity index (χ3n) is 2.63. The van der Waals surface area contributed by atoms with E-state index in [0.717, 1.165) is 22.6 Å². The van der Waals surface area contributed by atoms with Gasteiger partial charge in [0.2, 0.25) is 0 Å². The second-order valence-corrected chi connectivity index (χ2v) is 5.13. The first kappa shape index (κ1) is 12.4. The molecule has 2 nitrogen and oxygen atoms in total. The normalized spacial score (nSPS) is 14.9. The number of hydrogen-bond donors (Lipinski definition) is 2. The Morgan fingerprint density at radius 2 is 2.13 bits per heavy atom. The molecule has 0 aliphatic rings. The summed E-state index contributed by atoms with van der Waals surface area (Å²) in [5, 5.41) is 9.89. The second kappa shape index (κ2) is 4.90. The molecule has 0 aliphatic heterocycles. The molecule has 0 spiro atoms. The minimum Gasteiger partial charge on any atom is -0.398 e. The molecule has 0 amide bonds. The first-order valence-electron chi connectivity index (χ1n) is 5.16. The summed E-state index contributed by atoms with van der Waals surface area (Å²) in [7, 11) is 0. The minimum atomic E-state index is -0.596. The minimum absolute atomic E-state index is 0.596. The molecule has 1 atom stereocenters. The second-order valence-electron chi connectivity index (χ2n) is 4.11. The molecular formula is C12H19NOS. The number of nitrogen functional groups attached to an aromatic ring is 1. The standard InChI is InChI=1S/C12H19NOS/c1-4-12(3,14)8-15-11-7-5-6-10(13)9(11)2/h5-7,14H,4,8,13H2,1-3H3. The van der Waals surface area contributed by atoms with Crippen LogP contribution in [0.3, 0.4) is 0 Å². The Bertz CT molecular complexity index is 336. The summed E-state index contributed by atoms with van der Waals surface area (Å²) in [5.41, 5.74) is 7.14. The summed E-state index contributed by atoms with van der Waals surface area (Å²) in [6.07, 6.45) is 0.765. The Labute approximate surface area is 95.9 Å². The van der Waals surface area contributed by atoms with Crippen molar-refractivity contribution in [1.29, 1.82) is 0 Å². The van der Waals surface area contributed by atoms with Crippen LogP contribution >= 0.6 is 11.8 Å². The van der Waals surface area contributed by atoms with Crippen molar-refractivity contribution in [3.63, 3.8) is 0 Å². The third-order valence-corrected chi connectivity index (χ3v) is 4.15. The number of hydrogen-bond acceptors (Lipinski definition) is 3. The van der Waals surface area contributed by atoms with E-state index in [2.05, 4.69) is 0 Å². The highest BCUT2D eigenvalue weighted by Crippen LogP contribution is 2.29. The average Bonchev–Trinajstić information content (AvgIpc) is 2.20. The maximum absolute atomic E-state index is 9.89. The number of benzene rings is 1. The zero-order valence-corrected chi connectivity index (χ0v) is 10.4. The Morgan fingerprint density at radius 1 is 1.47 bits per heavy atom. The Hall–Kier alpha value is -0.670. The van der Waals surface area contributed by atoms with Crippen molar-refractivity contribution < 1.29 is 5.11 Å². The molecule has 1 rings (SSSR count). The Morgan fingerprint density at radius 3 is 2.73 bits per heavy atom. The molecule has 0 saturated carbocycles. The summed E-state index contributed by atoms with van der Waals surface area (Å²) in [6.45, 7) is 5.87. The Balaban J connectivity index is 2.70. The van der Waals surface area contributed by atoms with Gasteiger partial charge < -0.3 is 10.8 Å². The van der Waals surface area contributed by atoms with Crippen molar-refractivity contribution in [2.45, 2.75) is 37.7 Å². The maximum Gasteiger partial charge on any atom is 0.0710 e. The van der Waals surface area contributed by atoms with Gasteiger partial charge in [0.15, 0.2) is 0 Å². The predicted molar refractivity (Wildman–Crippen MR) is 67.2 cm³/mol. The van der Waals surface area contributed by atoms with Gasteiger partial charge in [-0.25, -0.2) is 0 Å². The summed E-state index contributed by atoms with van der Waals surface area (Å²) in [4.78, 5) is 1.16. The summed E-state index contributed by atoms with van der Waals surface area (Å²) in [5.74, 6) is 0.702. The van der Waals surface area contributed by atoms with Crippen LogP contribution in [0.15, 0.2) is 23.1 Å². The van der Waals surface area contributed by atoms with Crippen LogP contribution in [0.4, 0.5) is 5.69 Å². The van der Waals surface area contributed by atoms with Crippen LogP contribution in [0.5, 0.6) is 0 Å². The van der Waals surface area contributed by atoms with Gasteiger partial charge in [-0.3, -0.25) is 0 Å². The van der Waals surface area contributed by atoms with Crippen molar-refractivity contribution in [3.05, 3.63) is 23.8 Å². The van der Waals surface area contributed by atoms with Gasteiger partial charge in [-0.05, 0) is 38.0 Å². The lowest BCUT2D eigenvalue weighted by atomic mass is 10.1. The molecule has 0 aliphatic carbocycles. The van der Waals surface area contributed by atoms with Gasteiger partial charge in [0.05, 0.1) is 5.60 Å². The van der Waals surface area contributed by atoms with E-state index in [1.54, 1.807) is 11.8 Å².